The molecule has 0 unspecified atom stereocenters. The molecule has 0 aliphatic carbocycles. The average Bonchev–Trinajstić information content (AvgIpc) is 2.41. The molecule has 0 saturated carbocycles. The lowest BCUT2D eigenvalue weighted by atomic mass is 10.2. The van der Waals surface area contributed by atoms with Crippen molar-refractivity contribution < 1.29 is 12.8 Å². The monoisotopic (exact) mass is 313 g/mol. The van der Waals surface area contributed by atoms with E-state index in [-0.39, 0.29) is 16.5 Å². The largest absolute Gasteiger partial charge is 0.240 e. The second-order valence-electron chi connectivity index (χ2n) is 4.39. The Morgan fingerprint density at radius 1 is 1.15 bits per heavy atom. The van der Waals surface area contributed by atoms with Crippen molar-refractivity contribution in [2.75, 3.05) is 0 Å². The molecule has 0 bridgehead atoms. The van der Waals surface area contributed by atoms with Crippen LogP contribution < -0.4 is 4.72 Å². The fourth-order valence-corrected chi connectivity index (χ4v) is 2.76. The molecule has 20 heavy (non-hydrogen) atoms. The standard InChI is InChI=1S/C14H13ClFNO2S/c1-10-2-5-12(6-3-10)20(18,19)17-9-11-4-7-13(15)14(16)8-11/h2-8,17H,9H2,1H3. The number of hydrogen-bond donors (Lipinski definition) is 1. The van der Waals surface area contributed by atoms with Gasteiger partial charge in [0.1, 0.15) is 5.82 Å². The molecular formula is C14H13ClFNO2S. The lowest BCUT2D eigenvalue weighted by Gasteiger charge is -2.07. The van der Waals surface area contributed by atoms with Crippen LogP contribution in [0.15, 0.2) is 47.4 Å². The summed E-state index contributed by atoms with van der Waals surface area (Å²) in [5, 5.41) is 0.00939. The second kappa shape index (κ2) is 5.91. The van der Waals surface area contributed by atoms with Gasteiger partial charge in [0, 0.05) is 6.54 Å². The zero-order valence-corrected chi connectivity index (χ0v) is 12.3. The zero-order chi connectivity index (χ0) is 14.8. The van der Waals surface area contributed by atoms with Crippen LogP contribution in [-0.2, 0) is 16.6 Å². The Hall–Kier alpha value is -1.43. The third-order valence-electron chi connectivity index (χ3n) is 2.78. The van der Waals surface area contributed by atoms with E-state index in [0.717, 1.165) is 5.56 Å². The topological polar surface area (TPSA) is 46.2 Å². The molecule has 0 saturated heterocycles. The summed E-state index contributed by atoms with van der Waals surface area (Å²) in [6, 6.07) is 10.7. The van der Waals surface area contributed by atoms with E-state index in [2.05, 4.69) is 4.72 Å². The smallest absolute Gasteiger partial charge is 0.207 e. The average molecular weight is 314 g/mol. The van der Waals surface area contributed by atoms with Crippen LogP contribution >= 0.6 is 11.6 Å². The van der Waals surface area contributed by atoms with E-state index in [1.807, 2.05) is 6.92 Å². The molecule has 0 atom stereocenters. The molecule has 0 radical (unpaired) electrons. The molecular weight excluding hydrogens is 301 g/mol. The number of hydrogen-bond acceptors (Lipinski definition) is 2. The first kappa shape index (κ1) is 15.0. The number of nitrogens with one attached hydrogen (secondary N) is 1. The van der Waals surface area contributed by atoms with Crippen LogP contribution in [0.2, 0.25) is 5.02 Å². The van der Waals surface area contributed by atoms with Crippen molar-refractivity contribution in [3.63, 3.8) is 0 Å². The predicted molar refractivity (Wildman–Crippen MR) is 76.6 cm³/mol. The fourth-order valence-electron chi connectivity index (χ4n) is 1.63. The summed E-state index contributed by atoms with van der Waals surface area (Å²) >= 11 is 5.57. The molecule has 1 N–H and O–H groups in total. The summed E-state index contributed by atoms with van der Waals surface area (Å²) in [6.45, 7) is 1.88. The van der Waals surface area contributed by atoms with Crippen molar-refractivity contribution in [3.8, 4) is 0 Å². The van der Waals surface area contributed by atoms with Crippen molar-refractivity contribution in [2.24, 2.45) is 0 Å². The molecule has 0 heterocycles. The Morgan fingerprint density at radius 3 is 2.40 bits per heavy atom. The van der Waals surface area contributed by atoms with Crippen LogP contribution in [0, 0.1) is 12.7 Å². The Bertz CT molecular complexity index is 714. The van der Waals surface area contributed by atoms with Crippen molar-refractivity contribution in [1.82, 2.24) is 4.72 Å². The van der Waals surface area contributed by atoms with Gasteiger partial charge in [-0.15, -0.1) is 0 Å². The third kappa shape index (κ3) is 3.56. The van der Waals surface area contributed by atoms with Crippen molar-refractivity contribution >= 4 is 21.6 Å². The van der Waals surface area contributed by atoms with Gasteiger partial charge in [-0.25, -0.2) is 17.5 Å². The molecule has 2 rings (SSSR count). The van der Waals surface area contributed by atoms with Gasteiger partial charge in [-0.1, -0.05) is 35.4 Å². The summed E-state index contributed by atoms with van der Waals surface area (Å²) in [6.07, 6.45) is 0. The van der Waals surface area contributed by atoms with Gasteiger partial charge in [-0.05, 0) is 36.8 Å². The molecule has 0 aromatic heterocycles. The highest BCUT2D eigenvalue weighted by Gasteiger charge is 2.13. The Morgan fingerprint density at radius 2 is 1.80 bits per heavy atom. The molecule has 3 nitrogen and oxygen atoms in total. The van der Waals surface area contributed by atoms with Crippen molar-refractivity contribution in [1.29, 1.82) is 0 Å². The Balaban J connectivity index is 2.13. The molecule has 106 valence electrons. The van der Waals surface area contributed by atoms with Gasteiger partial charge in [0.25, 0.3) is 0 Å². The first-order chi connectivity index (χ1) is 9.38. The van der Waals surface area contributed by atoms with Crippen LogP contribution in [0.4, 0.5) is 4.39 Å². The van der Waals surface area contributed by atoms with Gasteiger partial charge in [0.05, 0.1) is 9.92 Å². The van der Waals surface area contributed by atoms with Crippen LogP contribution in [0.25, 0.3) is 0 Å². The van der Waals surface area contributed by atoms with Gasteiger partial charge >= 0.3 is 0 Å². The van der Waals surface area contributed by atoms with E-state index < -0.39 is 15.8 Å². The Labute approximate surface area is 122 Å². The maximum absolute atomic E-state index is 13.3. The number of benzene rings is 2. The molecule has 0 aliphatic rings. The first-order valence-corrected chi connectivity index (χ1v) is 7.75. The van der Waals surface area contributed by atoms with Crippen molar-refractivity contribution in [3.05, 3.63) is 64.4 Å². The highest BCUT2D eigenvalue weighted by atomic mass is 35.5. The lowest BCUT2D eigenvalue weighted by Crippen LogP contribution is -2.23. The van der Waals surface area contributed by atoms with Gasteiger partial charge in [0.2, 0.25) is 10.0 Å². The predicted octanol–water partition coefficient (Wildman–Crippen LogP) is 3.27. The highest BCUT2D eigenvalue weighted by molar-refractivity contribution is 7.89. The fraction of sp³-hybridized carbons (Fsp3) is 0.143. The van der Waals surface area contributed by atoms with Crippen LogP contribution in [-0.4, -0.2) is 8.42 Å². The van der Waals surface area contributed by atoms with Gasteiger partial charge in [-0.2, -0.15) is 0 Å². The first-order valence-electron chi connectivity index (χ1n) is 5.89. The normalized spacial score (nSPS) is 11.6. The molecule has 2 aromatic carbocycles. The molecule has 2 aromatic rings. The summed E-state index contributed by atoms with van der Waals surface area (Å²) in [5.41, 5.74) is 1.48. The summed E-state index contributed by atoms with van der Waals surface area (Å²) < 4.78 is 39.8. The van der Waals surface area contributed by atoms with Gasteiger partial charge < -0.3 is 0 Å². The van der Waals surface area contributed by atoms with Crippen LogP contribution in [0.5, 0.6) is 0 Å². The van der Waals surface area contributed by atoms with E-state index in [4.69, 9.17) is 11.6 Å². The summed E-state index contributed by atoms with van der Waals surface area (Å²) in [5.74, 6) is -0.571. The van der Waals surface area contributed by atoms with E-state index in [1.165, 1.54) is 24.3 Å². The van der Waals surface area contributed by atoms with Crippen LogP contribution in [0.1, 0.15) is 11.1 Å². The van der Waals surface area contributed by atoms with E-state index >= 15 is 0 Å². The lowest BCUT2D eigenvalue weighted by molar-refractivity contribution is 0.580. The zero-order valence-electron chi connectivity index (χ0n) is 10.7. The van der Waals surface area contributed by atoms with Crippen LogP contribution in [0.3, 0.4) is 0 Å². The summed E-state index contributed by atoms with van der Waals surface area (Å²) in [7, 11) is -3.60. The van der Waals surface area contributed by atoms with Crippen molar-refractivity contribution in [2.45, 2.75) is 18.4 Å². The molecule has 0 fully saturated rings. The minimum absolute atomic E-state index is 0.00426. The minimum Gasteiger partial charge on any atom is -0.207 e. The molecule has 6 heteroatoms. The van der Waals surface area contributed by atoms with E-state index in [1.54, 1.807) is 18.2 Å². The van der Waals surface area contributed by atoms with E-state index in [9.17, 15) is 12.8 Å². The molecule has 0 aliphatic heterocycles. The maximum Gasteiger partial charge on any atom is 0.240 e. The Kier molecular flexibility index (Phi) is 4.42. The van der Waals surface area contributed by atoms with Gasteiger partial charge in [-0.3, -0.25) is 0 Å². The number of sulfonamides is 1. The van der Waals surface area contributed by atoms with Gasteiger partial charge in [0.15, 0.2) is 0 Å². The summed E-state index contributed by atoms with van der Waals surface area (Å²) in [4.78, 5) is 0.178. The van der Waals surface area contributed by atoms with E-state index in [0.29, 0.717) is 5.56 Å². The third-order valence-corrected chi connectivity index (χ3v) is 4.51. The minimum atomic E-state index is -3.60. The second-order valence-corrected chi connectivity index (χ2v) is 6.56. The quantitative estimate of drug-likeness (QED) is 0.941. The molecule has 0 spiro atoms. The molecule has 0 amide bonds. The SMILES string of the molecule is Cc1ccc(S(=O)(=O)NCc2ccc(Cl)c(F)c2)cc1. The number of rotatable bonds is 4. The number of aryl methyl sites for hydroxylation is 1. The number of halogens is 2. The highest BCUT2D eigenvalue weighted by Crippen LogP contribution is 2.16. The maximum atomic E-state index is 13.3.